The van der Waals surface area contributed by atoms with Gasteiger partial charge in [-0.15, -0.1) is 0 Å². The Labute approximate surface area is 167 Å². The maximum absolute atomic E-state index is 13.1. The quantitative estimate of drug-likeness (QED) is 0.586. The van der Waals surface area contributed by atoms with Crippen LogP contribution in [-0.4, -0.2) is 37.1 Å². The van der Waals surface area contributed by atoms with Crippen LogP contribution in [0.25, 0.3) is 21.8 Å². The third-order valence-corrected chi connectivity index (χ3v) is 5.59. The summed E-state index contributed by atoms with van der Waals surface area (Å²) in [5, 5.41) is 5.56. The Morgan fingerprint density at radius 1 is 1.10 bits per heavy atom. The zero-order chi connectivity index (χ0) is 19.8. The molecule has 1 unspecified atom stereocenters. The monoisotopic (exact) mass is 387 g/mol. The number of H-pyrrole nitrogens is 1. The number of nitrogens with zero attached hydrogens (tertiary/aromatic N) is 4. The molecule has 1 saturated heterocycles. The van der Waals surface area contributed by atoms with Gasteiger partial charge in [0.2, 0.25) is 5.91 Å². The first-order chi connectivity index (χ1) is 14.2. The van der Waals surface area contributed by atoms with Gasteiger partial charge in [-0.2, -0.15) is 5.10 Å². The van der Waals surface area contributed by atoms with E-state index < -0.39 is 0 Å². The smallest absolute Gasteiger partial charge is 0.275 e. The number of benzene rings is 2. The van der Waals surface area contributed by atoms with Gasteiger partial charge in [0.25, 0.3) is 5.56 Å². The van der Waals surface area contributed by atoms with Crippen molar-refractivity contribution in [1.82, 2.24) is 24.6 Å². The van der Waals surface area contributed by atoms with Gasteiger partial charge in [-0.3, -0.25) is 9.59 Å². The minimum absolute atomic E-state index is 0.0691. The fourth-order valence-corrected chi connectivity index (χ4v) is 4.10. The van der Waals surface area contributed by atoms with Crippen LogP contribution in [0.5, 0.6) is 0 Å². The number of aromatic nitrogens is 4. The standard InChI is InChI=1S/C22H21N5O2/c28-20(14-27-22(29)16-8-2-1-7-15(16)13-23-27)26-12-6-5-11-19(26)21-24-17-9-3-4-10-18(17)25-21/h1-4,7-10,13,19H,5-6,11-12,14H2,(H,24,25). The number of nitrogens with one attached hydrogen (secondary N) is 1. The summed E-state index contributed by atoms with van der Waals surface area (Å²) in [5.41, 5.74) is 1.62. The molecule has 1 amide bonds. The minimum Gasteiger partial charge on any atom is -0.340 e. The van der Waals surface area contributed by atoms with Gasteiger partial charge in [0, 0.05) is 11.9 Å². The number of hydrogen-bond acceptors (Lipinski definition) is 4. The second-order valence-corrected chi connectivity index (χ2v) is 7.43. The van der Waals surface area contributed by atoms with Gasteiger partial charge >= 0.3 is 0 Å². The molecule has 7 nitrogen and oxygen atoms in total. The highest BCUT2D eigenvalue weighted by atomic mass is 16.2. The van der Waals surface area contributed by atoms with Crippen molar-refractivity contribution >= 4 is 27.7 Å². The summed E-state index contributed by atoms with van der Waals surface area (Å²) in [7, 11) is 0. The van der Waals surface area contributed by atoms with Crippen molar-refractivity contribution in [2.45, 2.75) is 31.8 Å². The largest absolute Gasteiger partial charge is 0.340 e. The van der Waals surface area contributed by atoms with Crippen LogP contribution < -0.4 is 5.56 Å². The average molecular weight is 387 g/mol. The highest BCUT2D eigenvalue weighted by molar-refractivity contribution is 5.81. The zero-order valence-electron chi connectivity index (χ0n) is 15.9. The Balaban J connectivity index is 1.44. The van der Waals surface area contributed by atoms with E-state index >= 15 is 0 Å². The Morgan fingerprint density at radius 3 is 2.83 bits per heavy atom. The summed E-state index contributed by atoms with van der Waals surface area (Å²) in [6, 6.07) is 15.0. The molecule has 3 heterocycles. The molecule has 5 rings (SSSR count). The first kappa shape index (κ1) is 17.6. The van der Waals surface area contributed by atoms with E-state index in [2.05, 4.69) is 10.1 Å². The van der Waals surface area contributed by atoms with E-state index in [9.17, 15) is 9.59 Å². The fourth-order valence-electron chi connectivity index (χ4n) is 4.10. The zero-order valence-corrected chi connectivity index (χ0v) is 15.9. The van der Waals surface area contributed by atoms with E-state index in [4.69, 9.17) is 4.98 Å². The van der Waals surface area contributed by atoms with Crippen molar-refractivity contribution in [3.8, 4) is 0 Å². The van der Waals surface area contributed by atoms with Gasteiger partial charge in [-0.05, 0) is 37.5 Å². The molecular weight excluding hydrogens is 366 g/mol. The Hall–Kier alpha value is -3.48. The van der Waals surface area contributed by atoms with E-state index in [1.165, 1.54) is 4.68 Å². The average Bonchev–Trinajstić information content (AvgIpc) is 3.20. The molecule has 0 radical (unpaired) electrons. The number of para-hydroxylation sites is 2. The van der Waals surface area contributed by atoms with Gasteiger partial charge in [-0.25, -0.2) is 9.67 Å². The van der Waals surface area contributed by atoms with E-state index in [0.29, 0.717) is 11.9 Å². The molecule has 1 fully saturated rings. The summed E-state index contributed by atoms with van der Waals surface area (Å²) in [5.74, 6) is 0.693. The molecule has 0 saturated carbocycles. The minimum atomic E-state index is -0.242. The topological polar surface area (TPSA) is 83.9 Å². The lowest BCUT2D eigenvalue weighted by Crippen LogP contribution is -2.42. The lowest BCUT2D eigenvalue weighted by Gasteiger charge is -2.34. The Bertz CT molecular complexity index is 1230. The maximum atomic E-state index is 13.1. The second kappa shape index (κ2) is 7.16. The highest BCUT2D eigenvalue weighted by Crippen LogP contribution is 2.30. The Kier molecular flexibility index (Phi) is 4.35. The maximum Gasteiger partial charge on any atom is 0.275 e. The summed E-state index contributed by atoms with van der Waals surface area (Å²) in [4.78, 5) is 35.8. The molecule has 1 atom stereocenters. The predicted octanol–water partition coefficient (Wildman–Crippen LogP) is 3.03. The number of amides is 1. The molecule has 2 aromatic heterocycles. The van der Waals surface area contributed by atoms with Gasteiger partial charge in [0.05, 0.1) is 28.7 Å². The number of fused-ring (bicyclic) bond motifs is 2. The molecule has 1 aliphatic rings. The van der Waals surface area contributed by atoms with Crippen LogP contribution in [0.4, 0.5) is 0 Å². The van der Waals surface area contributed by atoms with Crippen LogP contribution in [0.15, 0.2) is 59.5 Å². The summed E-state index contributed by atoms with van der Waals surface area (Å²) < 4.78 is 1.26. The van der Waals surface area contributed by atoms with Crippen LogP contribution in [0.3, 0.4) is 0 Å². The van der Waals surface area contributed by atoms with Crippen molar-refractivity contribution in [1.29, 1.82) is 0 Å². The molecule has 4 aromatic rings. The normalized spacial score (nSPS) is 17.1. The van der Waals surface area contributed by atoms with Gasteiger partial charge in [0.15, 0.2) is 0 Å². The predicted molar refractivity (Wildman–Crippen MR) is 110 cm³/mol. The van der Waals surface area contributed by atoms with Crippen molar-refractivity contribution in [2.75, 3.05) is 6.54 Å². The lowest BCUT2D eigenvalue weighted by atomic mass is 10.0. The van der Waals surface area contributed by atoms with Gasteiger partial charge in [0.1, 0.15) is 12.4 Å². The molecule has 1 aliphatic heterocycles. The van der Waals surface area contributed by atoms with E-state index in [-0.39, 0.29) is 24.1 Å². The van der Waals surface area contributed by atoms with Crippen LogP contribution in [0.2, 0.25) is 0 Å². The number of likely N-dealkylation sites (tertiary alicyclic amines) is 1. The highest BCUT2D eigenvalue weighted by Gasteiger charge is 2.30. The molecule has 0 bridgehead atoms. The van der Waals surface area contributed by atoms with Crippen LogP contribution in [0, 0.1) is 0 Å². The first-order valence-electron chi connectivity index (χ1n) is 9.90. The number of imidazole rings is 1. The molecule has 29 heavy (non-hydrogen) atoms. The summed E-state index contributed by atoms with van der Waals surface area (Å²) in [6.07, 6.45) is 4.48. The summed E-state index contributed by atoms with van der Waals surface area (Å²) in [6.45, 7) is 0.587. The fraction of sp³-hybridized carbons (Fsp3) is 0.273. The van der Waals surface area contributed by atoms with Gasteiger partial charge in [-0.1, -0.05) is 30.3 Å². The number of hydrogen-bond donors (Lipinski definition) is 1. The van der Waals surface area contributed by atoms with E-state index in [0.717, 1.165) is 41.5 Å². The number of piperidine rings is 1. The molecule has 0 aliphatic carbocycles. The summed E-state index contributed by atoms with van der Waals surface area (Å²) >= 11 is 0. The SMILES string of the molecule is O=C(Cn1ncc2ccccc2c1=O)N1CCCCC1c1nc2ccccc2[nH]1. The Morgan fingerprint density at radius 2 is 1.93 bits per heavy atom. The third kappa shape index (κ3) is 3.18. The number of aromatic amines is 1. The molecule has 7 heteroatoms. The van der Waals surface area contributed by atoms with Crippen molar-refractivity contribution in [3.63, 3.8) is 0 Å². The van der Waals surface area contributed by atoms with E-state index in [1.54, 1.807) is 12.3 Å². The second-order valence-electron chi connectivity index (χ2n) is 7.43. The van der Waals surface area contributed by atoms with Crippen LogP contribution in [-0.2, 0) is 11.3 Å². The molecular formula is C22H21N5O2. The number of carbonyl (C=O) groups is 1. The van der Waals surface area contributed by atoms with E-state index in [1.807, 2.05) is 47.4 Å². The van der Waals surface area contributed by atoms with Crippen LogP contribution in [0.1, 0.15) is 31.1 Å². The van der Waals surface area contributed by atoms with Crippen LogP contribution >= 0.6 is 0 Å². The molecule has 146 valence electrons. The van der Waals surface area contributed by atoms with Crippen molar-refractivity contribution in [3.05, 3.63) is 70.9 Å². The lowest BCUT2D eigenvalue weighted by molar-refractivity contribution is -0.136. The first-order valence-corrected chi connectivity index (χ1v) is 9.90. The van der Waals surface area contributed by atoms with Crippen molar-refractivity contribution in [2.24, 2.45) is 0 Å². The van der Waals surface area contributed by atoms with Gasteiger partial charge < -0.3 is 9.88 Å². The number of rotatable bonds is 3. The molecule has 0 spiro atoms. The molecule has 2 aromatic carbocycles. The van der Waals surface area contributed by atoms with Crippen molar-refractivity contribution < 1.29 is 4.79 Å². The third-order valence-electron chi connectivity index (χ3n) is 5.59. The number of carbonyl (C=O) groups excluding carboxylic acids is 1. The molecule has 1 N–H and O–H groups in total.